The van der Waals surface area contributed by atoms with Crippen LogP contribution in [-0.4, -0.2) is 16.6 Å². The smallest absolute Gasteiger partial charge is 0.233 e. The van der Waals surface area contributed by atoms with Gasteiger partial charge in [-0.1, -0.05) is 17.7 Å². The minimum atomic E-state index is 0.339. The first kappa shape index (κ1) is 9.00. The Kier molecular flexibility index (Phi) is 3.54. The van der Waals surface area contributed by atoms with Gasteiger partial charge in [-0.15, -0.1) is 6.58 Å². The molecule has 0 radical (unpaired) electrons. The van der Waals surface area contributed by atoms with E-state index in [0.29, 0.717) is 17.6 Å². The normalized spacial score (nSPS) is 9.42. The quantitative estimate of drug-likeness (QED) is 0.531. The Morgan fingerprint density at radius 1 is 1.58 bits per heavy atom. The molecule has 0 aromatic carbocycles. The zero-order valence-corrected chi connectivity index (χ0v) is 7.29. The molecule has 0 fully saturated rings. The van der Waals surface area contributed by atoms with Crippen LogP contribution in [0, 0.1) is 0 Å². The molecule has 0 aliphatic rings. The van der Waals surface area contributed by atoms with E-state index in [9.17, 15) is 0 Å². The third kappa shape index (κ3) is 2.88. The lowest BCUT2D eigenvalue weighted by atomic mass is 10.5. The summed E-state index contributed by atoms with van der Waals surface area (Å²) in [6.07, 6.45) is 5.54. The molecule has 1 aromatic heterocycles. The van der Waals surface area contributed by atoms with E-state index < -0.39 is 0 Å². The van der Waals surface area contributed by atoms with Crippen LogP contribution >= 0.6 is 11.6 Å². The largest absolute Gasteiger partial charge is 0.476 e. The highest BCUT2D eigenvalue weighted by Gasteiger charge is 1.95. The van der Waals surface area contributed by atoms with Gasteiger partial charge in [0.2, 0.25) is 5.88 Å². The fraction of sp³-hybridized carbons (Fsp3) is 0.250. The summed E-state index contributed by atoms with van der Waals surface area (Å²) in [7, 11) is 0. The summed E-state index contributed by atoms with van der Waals surface area (Å²) in [4.78, 5) is 7.71. The van der Waals surface area contributed by atoms with Crippen molar-refractivity contribution in [2.75, 3.05) is 6.61 Å². The molecule has 12 heavy (non-hydrogen) atoms. The third-order valence-electron chi connectivity index (χ3n) is 1.15. The van der Waals surface area contributed by atoms with Crippen molar-refractivity contribution in [2.24, 2.45) is 0 Å². The van der Waals surface area contributed by atoms with Gasteiger partial charge in [0.1, 0.15) is 0 Å². The van der Waals surface area contributed by atoms with E-state index in [1.54, 1.807) is 6.08 Å². The fourth-order valence-corrected chi connectivity index (χ4v) is 0.782. The molecule has 0 aliphatic heterocycles. The Morgan fingerprint density at radius 3 is 3.08 bits per heavy atom. The van der Waals surface area contributed by atoms with Gasteiger partial charge in [-0.25, -0.2) is 0 Å². The first-order valence-electron chi connectivity index (χ1n) is 3.54. The van der Waals surface area contributed by atoms with Gasteiger partial charge in [-0.2, -0.15) is 4.98 Å². The minimum Gasteiger partial charge on any atom is -0.476 e. The maximum atomic E-state index is 5.58. The first-order chi connectivity index (χ1) is 5.83. The Morgan fingerprint density at radius 2 is 2.42 bits per heavy atom. The Hall–Kier alpha value is -1.09. The van der Waals surface area contributed by atoms with E-state index in [0.717, 1.165) is 6.42 Å². The van der Waals surface area contributed by atoms with Crippen LogP contribution < -0.4 is 4.74 Å². The molecule has 4 heteroatoms. The van der Waals surface area contributed by atoms with Crippen LogP contribution in [0.3, 0.4) is 0 Å². The number of halogens is 1. The second-order valence-electron chi connectivity index (χ2n) is 2.11. The van der Waals surface area contributed by atoms with Crippen molar-refractivity contribution < 1.29 is 4.74 Å². The van der Waals surface area contributed by atoms with Gasteiger partial charge in [-0.05, 0) is 6.42 Å². The predicted octanol–water partition coefficient (Wildman–Crippen LogP) is 2.08. The van der Waals surface area contributed by atoms with E-state index in [1.807, 2.05) is 0 Å². The summed E-state index contributed by atoms with van der Waals surface area (Å²) in [5.41, 5.74) is 0. The van der Waals surface area contributed by atoms with E-state index in [4.69, 9.17) is 16.3 Å². The van der Waals surface area contributed by atoms with Gasteiger partial charge >= 0.3 is 0 Å². The zero-order chi connectivity index (χ0) is 8.81. The highest BCUT2D eigenvalue weighted by Crippen LogP contribution is 2.08. The second-order valence-corrected chi connectivity index (χ2v) is 2.49. The van der Waals surface area contributed by atoms with Gasteiger partial charge in [0, 0.05) is 0 Å². The van der Waals surface area contributed by atoms with Crippen LogP contribution in [0.4, 0.5) is 0 Å². The lowest BCUT2D eigenvalue weighted by Crippen LogP contribution is -1.97. The molecule has 0 saturated carbocycles. The SMILES string of the molecule is C=CCCOc1cncc(Cl)n1. The molecule has 1 heterocycles. The van der Waals surface area contributed by atoms with E-state index in [2.05, 4.69) is 16.5 Å². The van der Waals surface area contributed by atoms with Crippen molar-refractivity contribution in [1.29, 1.82) is 0 Å². The average Bonchev–Trinajstić information content (AvgIpc) is 2.05. The third-order valence-corrected chi connectivity index (χ3v) is 1.34. The van der Waals surface area contributed by atoms with Crippen LogP contribution in [0.25, 0.3) is 0 Å². The molecule has 1 aromatic rings. The molecule has 0 spiro atoms. The molecule has 3 nitrogen and oxygen atoms in total. The summed E-state index contributed by atoms with van der Waals surface area (Å²) in [5.74, 6) is 0.448. The molecule has 0 bridgehead atoms. The van der Waals surface area contributed by atoms with Crippen LogP contribution in [0.15, 0.2) is 25.0 Å². The van der Waals surface area contributed by atoms with Crippen LogP contribution in [0.5, 0.6) is 5.88 Å². The van der Waals surface area contributed by atoms with E-state index in [1.165, 1.54) is 12.4 Å². The van der Waals surface area contributed by atoms with Crippen molar-refractivity contribution in [3.63, 3.8) is 0 Å². The summed E-state index contributed by atoms with van der Waals surface area (Å²) >= 11 is 5.58. The van der Waals surface area contributed by atoms with Gasteiger partial charge in [0.15, 0.2) is 5.15 Å². The molecule has 0 amide bonds. The first-order valence-corrected chi connectivity index (χ1v) is 3.92. The summed E-state index contributed by atoms with van der Waals surface area (Å²) in [6, 6.07) is 0. The van der Waals surface area contributed by atoms with E-state index >= 15 is 0 Å². The lowest BCUT2D eigenvalue weighted by Gasteiger charge is -2.01. The highest BCUT2D eigenvalue weighted by molar-refractivity contribution is 6.29. The molecule has 1 rings (SSSR count). The van der Waals surface area contributed by atoms with Gasteiger partial charge in [0.25, 0.3) is 0 Å². The molecular formula is C8H9ClN2O. The highest BCUT2D eigenvalue weighted by atomic mass is 35.5. The minimum absolute atomic E-state index is 0.339. The Balaban J connectivity index is 2.46. The number of hydrogen-bond donors (Lipinski definition) is 0. The zero-order valence-electron chi connectivity index (χ0n) is 6.53. The predicted molar refractivity (Wildman–Crippen MR) is 47.4 cm³/mol. The van der Waals surface area contributed by atoms with Crippen LogP contribution in [-0.2, 0) is 0 Å². The van der Waals surface area contributed by atoms with Gasteiger partial charge in [0.05, 0.1) is 19.0 Å². The monoisotopic (exact) mass is 184 g/mol. The molecule has 0 atom stereocenters. The number of rotatable bonds is 4. The summed E-state index contributed by atoms with van der Waals surface area (Å²) in [6.45, 7) is 4.12. The van der Waals surface area contributed by atoms with Crippen molar-refractivity contribution in [3.05, 3.63) is 30.2 Å². The van der Waals surface area contributed by atoms with Crippen LogP contribution in [0.2, 0.25) is 5.15 Å². The number of ether oxygens (including phenoxy) is 1. The van der Waals surface area contributed by atoms with Gasteiger partial charge in [-0.3, -0.25) is 4.98 Å². The van der Waals surface area contributed by atoms with Gasteiger partial charge < -0.3 is 4.74 Å². The van der Waals surface area contributed by atoms with Crippen molar-refractivity contribution in [2.45, 2.75) is 6.42 Å². The Bertz CT molecular complexity index is 265. The lowest BCUT2D eigenvalue weighted by molar-refractivity contribution is 0.311. The maximum absolute atomic E-state index is 5.58. The molecule has 0 aliphatic carbocycles. The average molecular weight is 185 g/mol. The van der Waals surface area contributed by atoms with Crippen molar-refractivity contribution in [1.82, 2.24) is 9.97 Å². The number of aromatic nitrogens is 2. The molecule has 0 saturated heterocycles. The second kappa shape index (κ2) is 4.72. The maximum Gasteiger partial charge on any atom is 0.233 e. The molecule has 64 valence electrons. The summed E-state index contributed by atoms with van der Waals surface area (Å²) < 4.78 is 5.20. The van der Waals surface area contributed by atoms with Crippen molar-refractivity contribution >= 4 is 11.6 Å². The topological polar surface area (TPSA) is 35.0 Å². The fourth-order valence-electron chi connectivity index (χ4n) is 0.642. The molecule has 0 N–H and O–H groups in total. The molecular weight excluding hydrogens is 176 g/mol. The van der Waals surface area contributed by atoms with E-state index in [-0.39, 0.29) is 0 Å². The Labute approximate surface area is 76.1 Å². The summed E-state index contributed by atoms with van der Waals surface area (Å²) in [5, 5.41) is 0.339. The number of nitrogens with zero attached hydrogens (tertiary/aromatic N) is 2. The number of hydrogen-bond acceptors (Lipinski definition) is 3. The van der Waals surface area contributed by atoms with Crippen molar-refractivity contribution in [3.8, 4) is 5.88 Å². The standard InChI is InChI=1S/C8H9ClN2O/c1-2-3-4-12-8-6-10-5-7(9)11-8/h2,5-6H,1,3-4H2. The molecule has 0 unspecified atom stereocenters. The van der Waals surface area contributed by atoms with Crippen LogP contribution in [0.1, 0.15) is 6.42 Å².